The van der Waals surface area contributed by atoms with E-state index < -0.39 is 0 Å². The molecule has 0 aromatic heterocycles. The van der Waals surface area contributed by atoms with Crippen molar-refractivity contribution in [3.8, 4) is 0 Å². The first-order valence-corrected chi connectivity index (χ1v) is 5.70. The standard InChI is InChI=1S/C12H17ClN2O/c1-9(7-14-2)8-15-12(16)10-5-3-4-6-11(10)13/h3-6,9,14H,7-8H2,1-2H3,(H,15,16). The average molecular weight is 241 g/mol. The molecule has 1 rings (SSSR count). The Bertz CT molecular complexity index is 355. The lowest BCUT2D eigenvalue weighted by molar-refractivity contribution is 0.0948. The maximum Gasteiger partial charge on any atom is 0.252 e. The molecule has 0 saturated carbocycles. The molecule has 1 amide bonds. The second-order valence-corrected chi connectivity index (χ2v) is 4.26. The van der Waals surface area contributed by atoms with Crippen LogP contribution in [0, 0.1) is 5.92 Å². The molecule has 1 aromatic carbocycles. The molecule has 0 bridgehead atoms. The van der Waals surface area contributed by atoms with Crippen LogP contribution in [0.3, 0.4) is 0 Å². The number of hydrogen-bond donors (Lipinski definition) is 2. The number of nitrogens with one attached hydrogen (secondary N) is 2. The molecule has 88 valence electrons. The second-order valence-electron chi connectivity index (χ2n) is 3.85. The van der Waals surface area contributed by atoms with Crippen LogP contribution in [0.15, 0.2) is 24.3 Å². The van der Waals surface area contributed by atoms with Crippen LogP contribution in [0.25, 0.3) is 0 Å². The lowest BCUT2D eigenvalue weighted by Gasteiger charge is -2.12. The molecular weight excluding hydrogens is 224 g/mol. The Hall–Kier alpha value is -1.06. The quantitative estimate of drug-likeness (QED) is 0.826. The SMILES string of the molecule is CNCC(C)CNC(=O)c1ccccc1Cl. The van der Waals surface area contributed by atoms with Crippen LogP contribution in [0.5, 0.6) is 0 Å². The van der Waals surface area contributed by atoms with Gasteiger partial charge < -0.3 is 10.6 Å². The van der Waals surface area contributed by atoms with Gasteiger partial charge in [-0.1, -0.05) is 30.7 Å². The van der Waals surface area contributed by atoms with E-state index in [-0.39, 0.29) is 5.91 Å². The Labute approximate surface area is 101 Å². The topological polar surface area (TPSA) is 41.1 Å². The summed E-state index contributed by atoms with van der Waals surface area (Å²) in [7, 11) is 1.90. The molecular formula is C12H17ClN2O. The summed E-state index contributed by atoms with van der Waals surface area (Å²) in [5.74, 6) is 0.282. The molecule has 2 N–H and O–H groups in total. The van der Waals surface area contributed by atoms with Crippen LogP contribution in [0.4, 0.5) is 0 Å². The van der Waals surface area contributed by atoms with E-state index in [0.29, 0.717) is 23.0 Å². The van der Waals surface area contributed by atoms with Crippen LogP contribution in [0.1, 0.15) is 17.3 Å². The predicted octanol–water partition coefficient (Wildman–Crippen LogP) is 1.93. The molecule has 3 nitrogen and oxygen atoms in total. The van der Waals surface area contributed by atoms with Gasteiger partial charge >= 0.3 is 0 Å². The third-order valence-electron chi connectivity index (χ3n) is 2.28. The van der Waals surface area contributed by atoms with Crippen molar-refractivity contribution >= 4 is 17.5 Å². The molecule has 4 heteroatoms. The minimum Gasteiger partial charge on any atom is -0.352 e. The largest absolute Gasteiger partial charge is 0.352 e. The smallest absolute Gasteiger partial charge is 0.252 e. The third-order valence-corrected chi connectivity index (χ3v) is 2.61. The van der Waals surface area contributed by atoms with Crippen molar-refractivity contribution < 1.29 is 4.79 Å². The van der Waals surface area contributed by atoms with Crippen LogP contribution in [-0.4, -0.2) is 26.0 Å². The first kappa shape index (κ1) is 13.0. The minimum atomic E-state index is -0.117. The maximum atomic E-state index is 11.8. The van der Waals surface area contributed by atoms with Gasteiger partial charge in [-0.15, -0.1) is 0 Å². The zero-order valence-corrected chi connectivity index (χ0v) is 10.3. The second kappa shape index (κ2) is 6.51. The summed E-state index contributed by atoms with van der Waals surface area (Å²) < 4.78 is 0. The van der Waals surface area contributed by atoms with Gasteiger partial charge in [0.15, 0.2) is 0 Å². The molecule has 0 spiro atoms. The van der Waals surface area contributed by atoms with Crippen molar-refractivity contribution in [3.05, 3.63) is 34.9 Å². The molecule has 0 aliphatic carbocycles. The Morgan fingerprint density at radius 1 is 1.38 bits per heavy atom. The van der Waals surface area contributed by atoms with E-state index >= 15 is 0 Å². The predicted molar refractivity (Wildman–Crippen MR) is 66.9 cm³/mol. The summed E-state index contributed by atoms with van der Waals surface area (Å²) in [4.78, 5) is 11.8. The molecule has 1 aromatic rings. The minimum absolute atomic E-state index is 0.117. The van der Waals surface area contributed by atoms with E-state index in [1.807, 2.05) is 13.1 Å². The highest BCUT2D eigenvalue weighted by atomic mass is 35.5. The number of benzene rings is 1. The van der Waals surface area contributed by atoms with Crippen molar-refractivity contribution in [2.75, 3.05) is 20.1 Å². The monoisotopic (exact) mass is 240 g/mol. The van der Waals surface area contributed by atoms with Crippen LogP contribution >= 0.6 is 11.6 Å². The highest BCUT2D eigenvalue weighted by Crippen LogP contribution is 2.14. The number of amides is 1. The van der Waals surface area contributed by atoms with Gasteiger partial charge in [0.05, 0.1) is 10.6 Å². The summed E-state index contributed by atoms with van der Waals surface area (Å²) in [6, 6.07) is 7.05. The molecule has 0 aliphatic heterocycles. The molecule has 0 saturated heterocycles. The lowest BCUT2D eigenvalue weighted by Crippen LogP contribution is -2.32. The van der Waals surface area contributed by atoms with E-state index in [1.165, 1.54) is 0 Å². The third kappa shape index (κ3) is 3.83. The molecule has 0 aliphatic rings. The summed E-state index contributed by atoms with van der Waals surface area (Å²) >= 11 is 5.92. The molecule has 16 heavy (non-hydrogen) atoms. The van der Waals surface area contributed by atoms with Crippen molar-refractivity contribution in [1.29, 1.82) is 0 Å². The number of carbonyl (C=O) groups is 1. The molecule has 1 atom stereocenters. The fraction of sp³-hybridized carbons (Fsp3) is 0.417. The van der Waals surface area contributed by atoms with E-state index in [0.717, 1.165) is 6.54 Å². The average Bonchev–Trinajstić information content (AvgIpc) is 2.27. The highest BCUT2D eigenvalue weighted by Gasteiger charge is 2.10. The van der Waals surface area contributed by atoms with Gasteiger partial charge in [0, 0.05) is 6.54 Å². The number of hydrogen-bond acceptors (Lipinski definition) is 2. The van der Waals surface area contributed by atoms with E-state index in [2.05, 4.69) is 17.6 Å². The zero-order valence-electron chi connectivity index (χ0n) is 9.59. The van der Waals surface area contributed by atoms with Gasteiger partial charge in [-0.2, -0.15) is 0 Å². The Morgan fingerprint density at radius 3 is 2.69 bits per heavy atom. The van der Waals surface area contributed by atoms with Crippen LogP contribution in [0.2, 0.25) is 5.02 Å². The summed E-state index contributed by atoms with van der Waals surface area (Å²) in [6.07, 6.45) is 0. The summed E-state index contributed by atoms with van der Waals surface area (Å²) in [5.41, 5.74) is 0.529. The number of carbonyl (C=O) groups excluding carboxylic acids is 1. The van der Waals surface area contributed by atoms with Gasteiger partial charge in [0.2, 0.25) is 0 Å². The van der Waals surface area contributed by atoms with Crippen molar-refractivity contribution in [2.24, 2.45) is 5.92 Å². The maximum absolute atomic E-state index is 11.8. The Kier molecular flexibility index (Phi) is 5.29. The number of halogens is 1. The Balaban J connectivity index is 2.50. The molecule has 0 radical (unpaired) electrons. The summed E-state index contributed by atoms with van der Waals surface area (Å²) in [5, 5.41) is 6.41. The van der Waals surface area contributed by atoms with E-state index in [4.69, 9.17) is 11.6 Å². The normalized spacial score (nSPS) is 12.2. The zero-order chi connectivity index (χ0) is 12.0. The van der Waals surface area contributed by atoms with Crippen molar-refractivity contribution in [2.45, 2.75) is 6.92 Å². The Morgan fingerprint density at radius 2 is 2.06 bits per heavy atom. The lowest BCUT2D eigenvalue weighted by atomic mass is 10.1. The first-order chi connectivity index (χ1) is 7.65. The van der Waals surface area contributed by atoms with Gasteiger partial charge in [-0.25, -0.2) is 0 Å². The summed E-state index contributed by atoms with van der Waals surface area (Å²) in [6.45, 7) is 3.59. The molecule has 1 unspecified atom stereocenters. The van der Waals surface area contributed by atoms with E-state index in [9.17, 15) is 4.79 Å². The van der Waals surface area contributed by atoms with Crippen molar-refractivity contribution in [3.63, 3.8) is 0 Å². The van der Waals surface area contributed by atoms with Crippen molar-refractivity contribution in [1.82, 2.24) is 10.6 Å². The van der Waals surface area contributed by atoms with Gasteiger partial charge in [0.25, 0.3) is 5.91 Å². The fourth-order valence-electron chi connectivity index (χ4n) is 1.43. The van der Waals surface area contributed by atoms with E-state index in [1.54, 1.807) is 18.2 Å². The fourth-order valence-corrected chi connectivity index (χ4v) is 1.65. The molecule has 0 heterocycles. The molecule has 0 fully saturated rings. The van der Waals surface area contributed by atoms with Gasteiger partial charge in [-0.05, 0) is 31.6 Å². The van der Waals surface area contributed by atoms with Crippen LogP contribution in [-0.2, 0) is 0 Å². The highest BCUT2D eigenvalue weighted by molar-refractivity contribution is 6.33. The first-order valence-electron chi connectivity index (χ1n) is 5.32. The van der Waals surface area contributed by atoms with Gasteiger partial charge in [0.1, 0.15) is 0 Å². The van der Waals surface area contributed by atoms with Crippen LogP contribution < -0.4 is 10.6 Å². The number of rotatable bonds is 5. The van der Waals surface area contributed by atoms with Gasteiger partial charge in [-0.3, -0.25) is 4.79 Å².